The molecule has 0 fully saturated rings. The topological polar surface area (TPSA) is 95.3 Å². The molecule has 32 heavy (non-hydrogen) atoms. The van der Waals surface area contributed by atoms with Gasteiger partial charge in [0.05, 0.1) is 29.8 Å². The van der Waals surface area contributed by atoms with Gasteiger partial charge in [0.25, 0.3) is 5.56 Å². The second-order valence-corrected chi connectivity index (χ2v) is 7.85. The van der Waals surface area contributed by atoms with Gasteiger partial charge in [0.2, 0.25) is 5.95 Å². The van der Waals surface area contributed by atoms with Crippen LogP contribution in [-0.2, 0) is 11.3 Å². The van der Waals surface area contributed by atoms with Crippen LogP contribution < -0.4 is 20.3 Å². The lowest BCUT2D eigenvalue weighted by Crippen LogP contribution is -2.23. The van der Waals surface area contributed by atoms with Crippen molar-refractivity contribution in [3.8, 4) is 22.6 Å². The molecule has 0 aliphatic heterocycles. The van der Waals surface area contributed by atoms with Crippen molar-refractivity contribution in [2.75, 3.05) is 26.1 Å². The van der Waals surface area contributed by atoms with Crippen LogP contribution in [0.5, 0.6) is 11.5 Å². The molecule has 1 N–H and O–H groups in total. The molecule has 0 spiro atoms. The van der Waals surface area contributed by atoms with E-state index >= 15 is 0 Å². The Morgan fingerprint density at radius 1 is 1.16 bits per heavy atom. The van der Waals surface area contributed by atoms with Crippen molar-refractivity contribution in [1.29, 1.82) is 0 Å². The number of ketones is 1. The van der Waals surface area contributed by atoms with Gasteiger partial charge < -0.3 is 19.6 Å². The van der Waals surface area contributed by atoms with Gasteiger partial charge in [-0.15, -0.1) is 0 Å². The lowest BCUT2D eigenvalue weighted by molar-refractivity contribution is -0.117. The number of halogens is 2. The fourth-order valence-electron chi connectivity index (χ4n) is 3.38. The summed E-state index contributed by atoms with van der Waals surface area (Å²) in [6.07, 6.45) is 2.78. The Labute approximate surface area is 195 Å². The summed E-state index contributed by atoms with van der Waals surface area (Å²) in [5.74, 6) is 1.19. The summed E-state index contributed by atoms with van der Waals surface area (Å²) in [7, 11) is 2.95. The maximum atomic E-state index is 13.4. The number of pyridine rings is 1. The van der Waals surface area contributed by atoms with E-state index in [4.69, 9.17) is 32.7 Å². The molecule has 170 valence electrons. The second-order valence-electron chi connectivity index (χ2n) is 7.10. The third-order valence-electron chi connectivity index (χ3n) is 4.97. The fraction of sp³-hybridized carbons (Fsp3) is 0.364. The number of nitrogens with one attached hydrogen (secondary N) is 1. The minimum absolute atomic E-state index is 0.130. The van der Waals surface area contributed by atoms with Crippen LogP contribution in [0.4, 0.5) is 5.95 Å². The summed E-state index contributed by atoms with van der Waals surface area (Å²) < 4.78 is 12.2. The maximum Gasteiger partial charge on any atom is 0.260 e. The van der Waals surface area contributed by atoms with Crippen LogP contribution in [0.15, 0.2) is 23.1 Å². The van der Waals surface area contributed by atoms with E-state index in [2.05, 4.69) is 15.3 Å². The highest BCUT2D eigenvalue weighted by molar-refractivity contribution is 6.41. The summed E-state index contributed by atoms with van der Waals surface area (Å²) in [5, 5.41) is 4.16. The molecular weight excluding hydrogens is 455 g/mol. The molecule has 2 heterocycles. The number of aryl methyl sites for hydroxylation is 1. The number of methoxy groups -OCH3 is 2. The van der Waals surface area contributed by atoms with Gasteiger partial charge in [-0.2, -0.15) is 4.98 Å². The van der Waals surface area contributed by atoms with E-state index in [-0.39, 0.29) is 27.0 Å². The maximum absolute atomic E-state index is 13.4. The predicted octanol–water partition coefficient (Wildman–Crippen LogP) is 4.58. The zero-order chi connectivity index (χ0) is 23.4. The quantitative estimate of drug-likeness (QED) is 0.449. The molecule has 0 saturated heterocycles. The first-order valence-corrected chi connectivity index (χ1v) is 10.8. The number of carbonyl (C=O) groups is 1. The van der Waals surface area contributed by atoms with Gasteiger partial charge in [-0.1, -0.05) is 23.2 Å². The van der Waals surface area contributed by atoms with Gasteiger partial charge in [0, 0.05) is 42.7 Å². The Kier molecular flexibility index (Phi) is 7.58. The standard InChI is InChI=1S/C22H24Cl2N4O4/c1-5-28-20-13(11-26-22(27-20)25-8-6-7-12(2)29)9-14(21(28)30)17-18(23)15(31-3)10-16(32-4)19(17)24/h9-11H,5-8H2,1-4H3,(H,25,26,27). The number of nitrogens with zero attached hydrogens (tertiary/aromatic N) is 3. The van der Waals surface area contributed by atoms with Crippen molar-refractivity contribution < 1.29 is 14.3 Å². The normalized spacial score (nSPS) is 10.9. The van der Waals surface area contributed by atoms with Crippen LogP contribution in [0, 0.1) is 0 Å². The monoisotopic (exact) mass is 478 g/mol. The van der Waals surface area contributed by atoms with Gasteiger partial charge >= 0.3 is 0 Å². The highest BCUT2D eigenvalue weighted by atomic mass is 35.5. The molecule has 8 nitrogen and oxygen atoms in total. The van der Waals surface area contributed by atoms with Crippen LogP contribution in [0.2, 0.25) is 10.0 Å². The van der Waals surface area contributed by atoms with Crippen molar-refractivity contribution in [3.05, 3.63) is 38.7 Å². The van der Waals surface area contributed by atoms with E-state index in [1.165, 1.54) is 18.8 Å². The van der Waals surface area contributed by atoms with Gasteiger partial charge in [0.15, 0.2) is 0 Å². The molecule has 2 aromatic heterocycles. The first-order valence-electron chi connectivity index (χ1n) is 10.1. The summed E-state index contributed by atoms with van der Waals surface area (Å²) in [6, 6.07) is 3.23. The number of Topliss-reactive ketones (excluding diaryl/α,β-unsaturated/α-hetero) is 1. The molecule has 1 aromatic carbocycles. The Morgan fingerprint density at radius 2 is 1.81 bits per heavy atom. The van der Waals surface area contributed by atoms with Crippen LogP contribution >= 0.6 is 23.2 Å². The first-order chi connectivity index (χ1) is 15.3. The number of fused-ring (bicyclic) bond motifs is 1. The van der Waals surface area contributed by atoms with Crippen molar-refractivity contribution in [2.45, 2.75) is 33.2 Å². The largest absolute Gasteiger partial charge is 0.495 e. The van der Waals surface area contributed by atoms with E-state index in [1.807, 2.05) is 6.92 Å². The molecule has 0 atom stereocenters. The van der Waals surface area contributed by atoms with Crippen LogP contribution in [0.25, 0.3) is 22.2 Å². The van der Waals surface area contributed by atoms with Gasteiger partial charge in [-0.3, -0.25) is 9.36 Å². The number of anilines is 1. The summed E-state index contributed by atoms with van der Waals surface area (Å²) in [6.45, 7) is 4.33. The first kappa shape index (κ1) is 23.8. The number of aromatic nitrogens is 3. The molecular formula is C22H24Cl2N4O4. The fourth-order valence-corrected chi connectivity index (χ4v) is 4.08. The number of benzene rings is 1. The minimum Gasteiger partial charge on any atom is -0.495 e. The average molecular weight is 479 g/mol. The lowest BCUT2D eigenvalue weighted by Gasteiger charge is -2.16. The molecule has 0 amide bonds. The van der Waals surface area contributed by atoms with Crippen LogP contribution in [0.3, 0.4) is 0 Å². The number of carbonyl (C=O) groups excluding carboxylic acids is 1. The van der Waals surface area contributed by atoms with Crippen LogP contribution in [-0.4, -0.2) is 41.1 Å². The van der Waals surface area contributed by atoms with E-state index < -0.39 is 0 Å². The zero-order valence-corrected chi connectivity index (χ0v) is 19.8. The zero-order valence-electron chi connectivity index (χ0n) is 18.3. The second kappa shape index (κ2) is 10.2. The third kappa shape index (κ3) is 4.66. The Hall–Kier alpha value is -2.84. The molecule has 0 radical (unpaired) electrons. The molecule has 3 rings (SSSR count). The van der Waals surface area contributed by atoms with Crippen molar-refractivity contribution in [3.63, 3.8) is 0 Å². The van der Waals surface area contributed by atoms with Gasteiger partial charge in [-0.25, -0.2) is 4.98 Å². The number of hydrogen-bond acceptors (Lipinski definition) is 7. The van der Waals surface area contributed by atoms with E-state index in [0.29, 0.717) is 60.0 Å². The highest BCUT2D eigenvalue weighted by Gasteiger charge is 2.23. The van der Waals surface area contributed by atoms with E-state index in [0.717, 1.165) is 0 Å². The van der Waals surface area contributed by atoms with Crippen molar-refractivity contribution >= 4 is 46.0 Å². The number of rotatable bonds is 9. The predicted molar refractivity (Wildman–Crippen MR) is 126 cm³/mol. The number of hydrogen-bond donors (Lipinski definition) is 1. The summed E-state index contributed by atoms with van der Waals surface area (Å²) in [5.41, 5.74) is 0.787. The highest BCUT2D eigenvalue weighted by Crippen LogP contribution is 2.45. The Bertz CT molecular complexity index is 1200. The lowest BCUT2D eigenvalue weighted by atomic mass is 10.0. The van der Waals surface area contributed by atoms with Crippen molar-refractivity contribution in [1.82, 2.24) is 14.5 Å². The van der Waals surface area contributed by atoms with Crippen LogP contribution in [0.1, 0.15) is 26.7 Å². The molecule has 10 heteroatoms. The summed E-state index contributed by atoms with van der Waals surface area (Å²) >= 11 is 13.1. The molecule has 0 aliphatic rings. The molecule has 0 unspecified atom stereocenters. The smallest absolute Gasteiger partial charge is 0.260 e. The minimum atomic E-state index is -0.305. The molecule has 0 bridgehead atoms. The SMILES string of the molecule is CCn1c(=O)c(-c2c(Cl)c(OC)cc(OC)c2Cl)cc2cnc(NCCCC(C)=O)nc21. The summed E-state index contributed by atoms with van der Waals surface area (Å²) in [4.78, 5) is 33.4. The Morgan fingerprint density at radius 3 is 2.38 bits per heavy atom. The molecule has 3 aromatic rings. The molecule has 0 aliphatic carbocycles. The van der Waals surface area contributed by atoms with Gasteiger partial charge in [0.1, 0.15) is 22.9 Å². The number of ether oxygens (including phenoxy) is 2. The van der Waals surface area contributed by atoms with Gasteiger partial charge in [-0.05, 0) is 26.3 Å². The molecule has 0 saturated carbocycles. The average Bonchev–Trinajstić information content (AvgIpc) is 2.77. The Balaban J connectivity index is 2.14. The van der Waals surface area contributed by atoms with Crippen molar-refractivity contribution in [2.24, 2.45) is 0 Å². The van der Waals surface area contributed by atoms with E-state index in [1.54, 1.807) is 25.3 Å². The third-order valence-corrected chi connectivity index (χ3v) is 5.73. The van der Waals surface area contributed by atoms with E-state index in [9.17, 15) is 9.59 Å².